The van der Waals surface area contributed by atoms with Crippen LogP contribution in [0.2, 0.25) is 0 Å². The molecule has 4 aromatic rings. The highest BCUT2D eigenvalue weighted by Crippen LogP contribution is 2.19. The fourth-order valence-corrected chi connectivity index (χ4v) is 3.07. The van der Waals surface area contributed by atoms with Crippen LogP contribution in [-0.2, 0) is 18.3 Å². The second kappa shape index (κ2) is 9.43. The first-order valence-corrected chi connectivity index (χ1v) is 10.2. The molecular weight excluding hydrogens is 422 g/mol. The van der Waals surface area contributed by atoms with Gasteiger partial charge in [0.05, 0.1) is 24.8 Å². The van der Waals surface area contributed by atoms with Crippen molar-refractivity contribution < 1.29 is 9.53 Å². The number of aryl methyl sites for hydroxylation is 1. The molecule has 0 spiro atoms. The van der Waals surface area contributed by atoms with E-state index >= 15 is 0 Å². The summed E-state index contributed by atoms with van der Waals surface area (Å²) in [6.07, 6.45) is 8.56. The first-order chi connectivity index (χ1) is 15.9. The first kappa shape index (κ1) is 21.9. The third-order valence-corrected chi connectivity index (χ3v) is 4.88. The second-order valence-electron chi connectivity index (χ2n) is 7.64. The van der Waals surface area contributed by atoms with E-state index in [9.17, 15) is 9.59 Å². The lowest BCUT2D eigenvalue weighted by Crippen LogP contribution is -2.27. The number of ether oxygens (including phenoxy) is 1. The predicted molar refractivity (Wildman–Crippen MR) is 121 cm³/mol. The Morgan fingerprint density at radius 2 is 1.91 bits per heavy atom. The number of likely N-dealkylation sites (N-methyl/N-ethyl adjacent to an activating group) is 1. The fraction of sp³-hybridized carbons (Fsp3) is 0.217. The molecule has 0 radical (unpaired) electrons. The van der Waals surface area contributed by atoms with Gasteiger partial charge in [-0.1, -0.05) is 18.2 Å². The molecule has 0 aliphatic heterocycles. The van der Waals surface area contributed by atoms with Crippen molar-refractivity contribution in [3.63, 3.8) is 0 Å². The number of hydrogen-bond donors (Lipinski definition) is 0. The normalized spacial score (nSPS) is 10.8. The molecule has 0 fully saturated rings. The van der Waals surface area contributed by atoms with Gasteiger partial charge in [-0.25, -0.2) is 14.6 Å². The number of benzene rings is 1. The van der Waals surface area contributed by atoms with Crippen LogP contribution in [0.1, 0.15) is 11.3 Å². The van der Waals surface area contributed by atoms with Gasteiger partial charge in [-0.05, 0) is 11.6 Å². The standard InChI is InChI=1S/C23H23N7O3/c1-28(2)22(32)15-33-19-12-24-23(25-13-19)17-6-4-5-16(9-17)10-20-21(31)7-8-30(27-20)18-11-26-29(3)14-18/h4-9,11-14H,10,15H2,1-3H3. The lowest BCUT2D eigenvalue weighted by molar-refractivity contribution is -0.130. The van der Waals surface area contributed by atoms with Gasteiger partial charge in [0.1, 0.15) is 11.4 Å². The topological polar surface area (TPSA) is 108 Å². The molecule has 168 valence electrons. The number of hydrogen-bond acceptors (Lipinski definition) is 7. The van der Waals surface area contributed by atoms with E-state index in [1.807, 2.05) is 37.5 Å². The molecule has 0 bridgehead atoms. The number of amides is 1. The first-order valence-electron chi connectivity index (χ1n) is 10.2. The Morgan fingerprint density at radius 3 is 2.61 bits per heavy atom. The van der Waals surface area contributed by atoms with E-state index in [0.717, 1.165) is 16.8 Å². The molecule has 0 aliphatic rings. The van der Waals surface area contributed by atoms with Gasteiger partial charge >= 0.3 is 0 Å². The van der Waals surface area contributed by atoms with Gasteiger partial charge in [-0.2, -0.15) is 10.2 Å². The van der Waals surface area contributed by atoms with Gasteiger partial charge in [0.2, 0.25) is 5.43 Å². The van der Waals surface area contributed by atoms with Gasteiger partial charge in [-0.3, -0.25) is 14.3 Å². The lowest BCUT2D eigenvalue weighted by atomic mass is 10.1. The molecule has 0 N–H and O–H groups in total. The Hall–Kier alpha value is -4.34. The Kier molecular flexibility index (Phi) is 6.25. The average molecular weight is 445 g/mol. The molecule has 10 heteroatoms. The minimum absolute atomic E-state index is 0.0775. The summed E-state index contributed by atoms with van der Waals surface area (Å²) in [5, 5.41) is 8.63. The molecule has 33 heavy (non-hydrogen) atoms. The van der Waals surface area contributed by atoms with E-state index in [-0.39, 0.29) is 17.9 Å². The highest BCUT2D eigenvalue weighted by Gasteiger charge is 2.10. The highest BCUT2D eigenvalue weighted by atomic mass is 16.5. The van der Waals surface area contributed by atoms with Crippen LogP contribution in [0.3, 0.4) is 0 Å². The summed E-state index contributed by atoms with van der Waals surface area (Å²) in [6.45, 7) is -0.0775. The largest absolute Gasteiger partial charge is 0.481 e. The molecular formula is C23H23N7O3. The quantitative estimate of drug-likeness (QED) is 0.424. The van der Waals surface area contributed by atoms with Crippen molar-refractivity contribution in [3.8, 4) is 22.8 Å². The second-order valence-corrected chi connectivity index (χ2v) is 7.64. The fourth-order valence-electron chi connectivity index (χ4n) is 3.07. The summed E-state index contributed by atoms with van der Waals surface area (Å²) in [7, 11) is 5.15. The third-order valence-electron chi connectivity index (χ3n) is 4.88. The number of aromatic nitrogens is 6. The van der Waals surface area contributed by atoms with Crippen molar-refractivity contribution in [3.05, 3.63) is 82.8 Å². The van der Waals surface area contributed by atoms with Gasteiger partial charge < -0.3 is 9.64 Å². The van der Waals surface area contributed by atoms with Crippen molar-refractivity contribution in [2.75, 3.05) is 20.7 Å². The van der Waals surface area contributed by atoms with Crippen LogP contribution in [0.4, 0.5) is 0 Å². The number of rotatable bonds is 7. The average Bonchev–Trinajstić information content (AvgIpc) is 3.25. The molecule has 3 heterocycles. The van der Waals surface area contributed by atoms with Crippen LogP contribution >= 0.6 is 0 Å². The van der Waals surface area contributed by atoms with Crippen molar-refractivity contribution in [1.82, 2.24) is 34.4 Å². The number of carbonyl (C=O) groups excluding carboxylic acids is 1. The van der Waals surface area contributed by atoms with Crippen LogP contribution in [0.15, 0.2) is 66.1 Å². The summed E-state index contributed by atoms with van der Waals surface area (Å²) in [5.74, 6) is 0.773. The number of carbonyl (C=O) groups is 1. The summed E-state index contributed by atoms with van der Waals surface area (Å²) in [5.41, 5.74) is 2.77. The van der Waals surface area contributed by atoms with Gasteiger partial charge in [-0.15, -0.1) is 0 Å². The maximum absolute atomic E-state index is 12.4. The maximum atomic E-state index is 12.4. The van der Waals surface area contributed by atoms with Crippen LogP contribution < -0.4 is 10.2 Å². The molecule has 0 aliphatic carbocycles. The molecule has 1 amide bonds. The SMILES string of the molecule is CN(C)C(=O)COc1cnc(-c2cccc(Cc3nn(-c4cnn(C)c4)ccc3=O)c2)nc1. The third kappa shape index (κ3) is 5.29. The van der Waals surface area contributed by atoms with E-state index in [4.69, 9.17) is 4.74 Å². The number of nitrogens with zero attached hydrogens (tertiary/aromatic N) is 7. The van der Waals surface area contributed by atoms with Crippen LogP contribution in [0, 0.1) is 0 Å². The molecule has 10 nitrogen and oxygen atoms in total. The Labute approximate surface area is 190 Å². The van der Waals surface area contributed by atoms with Gasteiger partial charge in [0, 0.05) is 45.4 Å². The zero-order chi connectivity index (χ0) is 23.4. The van der Waals surface area contributed by atoms with E-state index in [1.54, 1.807) is 35.9 Å². The zero-order valence-corrected chi connectivity index (χ0v) is 18.5. The molecule has 0 saturated carbocycles. The molecule has 0 atom stereocenters. The summed E-state index contributed by atoms with van der Waals surface area (Å²) >= 11 is 0. The molecule has 1 aromatic carbocycles. The minimum Gasteiger partial charge on any atom is -0.481 e. The van der Waals surface area contributed by atoms with Gasteiger partial charge in [0.15, 0.2) is 18.2 Å². The maximum Gasteiger partial charge on any atom is 0.259 e. The van der Waals surface area contributed by atoms with Crippen molar-refractivity contribution in [2.45, 2.75) is 6.42 Å². The predicted octanol–water partition coefficient (Wildman–Crippen LogP) is 1.48. The van der Waals surface area contributed by atoms with E-state index in [0.29, 0.717) is 23.7 Å². The monoisotopic (exact) mass is 445 g/mol. The molecule has 0 saturated heterocycles. The van der Waals surface area contributed by atoms with E-state index in [2.05, 4.69) is 20.2 Å². The van der Waals surface area contributed by atoms with E-state index in [1.165, 1.54) is 23.4 Å². The van der Waals surface area contributed by atoms with Crippen LogP contribution in [0.25, 0.3) is 17.1 Å². The molecule has 3 aromatic heterocycles. The smallest absolute Gasteiger partial charge is 0.259 e. The lowest BCUT2D eigenvalue weighted by Gasteiger charge is -2.11. The van der Waals surface area contributed by atoms with E-state index < -0.39 is 0 Å². The zero-order valence-electron chi connectivity index (χ0n) is 18.5. The van der Waals surface area contributed by atoms with Crippen molar-refractivity contribution in [1.29, 1.82) is 0 Å². The van der Waals surface area contributed by atoms with Crippen LogP contribution in [0.5, 0.6) is 5.75 Å². The molecule has 4 rings (SSSR count). The van der Waals surface area contributed by atoms with Crippen molar-refractivity contribution in [2.24, 2.45) is 7.05 Å². The summed E-state index contributed by atoms with van der Waals surface area (Å²) in [6, 6.07) is 9.13. The summed E-state index contributed by atoms with van der Waals surface area (Å²) in [4.78, 5) is 34.2. The molecule has 0 unspecified atom stereocenters. The van der Waals surface area contributed by atoms with Crippen molar-refractivity contribution >= 4 is 5.91 Å². The van der Waals surface area contributed by atoms with Crippen LogP contribution in [-0.4, -0.2) is 61.0 Å². The Bertz CT molecular complexity index is 1330. The Balaban J connectivity index is 1.51. The van der Waals surface area contributed by atoms with Gasteiger partial charge in [0.25, 0.3) is 5.91 Å². The highest BCUT2D eigenvalue weighted by molar-refractivity contribution is 5.77. The minimum atomic E-state index is -0.149. The summed E-state index contributed by atoms with van der Waals surface area (Å²) < 4.78 is 8.73. The Morgan fingerprint density at radius 1 is 1.12 bits per heavy atom.